The number of rotatable bonds is 7. The largest absolute Gasteiger partial charge is 0.478 e. The lowest BCUT2D eigenvalue weighted by molar-refractivity contribution is -0.117. The molecule has 0 aromatic heterocycles. The monoisotopic (exact) mass is 266 g/mol. The quantitative estimate of drug-likeness (QED) is 0.641. The number of carbonyl (C=O) groups excluding carboxylic acids is 1. The lowest BCUT2D eigenvalue weighted by Gasteiger charge is -2.12. The van der Waals surface area contributed by atoms with Gasteiger partial charge in [-0.05, 0) is 37.1 Å². The normalized spacial score (nSPS) is 11.9. The molecule has 0 fully saturated rings. The third-order valence-corrected chi connectivity index (χ3v) is 2.60. The summed E-state index contributed by atoms with van der Waals surface area (Å²) in [5.41, 5.74) is 6.42. The van der Waals surface area contributed by atoms with E-state index >= 15 is 0 Å². The Bertz CT molecular complexity index is 431. The van der Waals surface area contributed by atoms with Crippen LogP contribution in [0, 0.1) is 0 Å². The average Bonchev–Trinajstić information content (AvgIpc) is 2.39. The van der Waals surface area contributed by atoms with Crippen LogP contribution in [0.1, 0.15) is 23.2 Å². The Morgan fingerprint density at radius 1 is 1.37 bits per heavy atom. The predicted molar refractivity (Wildman–Crippen MR) is 71.1 cm³/mol. The summed E-state index contributed by atoms with van der Waals surface area (Å²) >= 11 is 0. The molecule has 0 bridgehead atoms. The molecule has 0 aliphatic heterocycles. The molecule has 0 spiro atoms. The first-order valence-electron chi connectivity index (χ1n) is 5.93. The fourth-order valence-electron chi connectivity index (χ4n) is 1.51. The summed E-state index contributed by atoms with van der Waals surface area (Å²) in [6.07, 6.45) is 1.25. The molecule has 1 aromatic carbocycles. The number of hydrogen-bond acceptors (Lipinski definition) is 4. The van der Waals surface area contributed by atoms with Crippen LogP contribution in [-0.2, 0) is 9.53 Å². The van der Waals surface area contributed by atoms with Gasteiger partial charge in [0.15, 0.2) is 0 Å². The molecule has 0 radical (unpaired) electrons. The summed E-state index contributed by atoms with van der Waals surface area (Å²) in [7, 11) is 1.59. The van der Waals surface area contributed by atoms with Crippen LogP contribution < -0.4 is 11.1 Å². The second-order valence-corrected chi connectivity index (χ2v) is 4.11. The lowest BCUT2D eigenvalue weighted by atomic mass is 10.1. The molecule has 0 aliphatic rings. The highest BCUT2D eigenvalue weighted by Crippen LogP contribution is 2.10. The number of methoxy groups -OCH3 is 1. The van der Waals surface area contributed by atoms with Crippen molar-refractivity contribution in [3.8, 4) is 0 Å². The topological polar surface area (TPSA) is 102 Å². The third-order valence-electron chi connectivity index (χ3n) is 2.60. The molecule has 0 heterocycles. The van der Waals surface area contributed by atoms with Crippen molar-refractivity contribution in [2.24, 2.45) is 5.73 Å². The first-order chi connectivity index (χ1) is 9.04. The van der Waals surface area contributed by atoms with Gasteiger partial charge in [-0.15, -0.1) is 0 Å². The fraction of sp³-hybridized carbons (Fsp3) is 0.385. The van der Waals surface area contributed by atoms with E-state index in [0.717, 1.165) is 0 Å². The van der Waals surface area contributed by atoms with E-state index in [4.69, 9.17) is 15.6 Å². The zero-order chi connectivity index (χ0) is 14.3. The molecule has 1 rings (SSSR count). The Morgan fingerprint density at radius 3 is 2.53 bits per heavy atom. The van der Waals surface area contributed by atoms with E-state index in [2.05, 4.69) is 5.32 Å². The molecule has 19 heavy (non-hydrogen) atoms. The van der Waals surface area contributed by atoms with E-state index < -0.39 is 12.0 Å². The summed E-state index contributed by atoms with van der Waals surface area (Å²) in [5, 5.41) is 11.4. The Hall–Kier alpha value is -1.92. The van der Waals surface area contributed by atoms with Gasteiger partial charge in [-0.1, -0.05) is 0 Å². The highest BCUT2D eigenvalue weighted by Gasteiger charge is 2.13. The maximum atomic E-state index is 11.7. The van der Waals surface area contributed by atoms with Crippen LogP contribution in [0.25, 0.3) is 0 Å². The number of carboxylic acids is 1. The molecule has 104 valence electrons. The first kappa shape index (κ1) is 15.1. The van der Waals surface area contributed by atoms with Crippen molar-refractivity contribution >= 4 is 17.6 Å². The Kier molecular flexibility index (Phi) is 5.98. The van der Waals surface area contributed by atoms with Gasteiger partial charge in [0.1, 0.15) is 0 Å². The lowest BCUT2D eigenvalue weighted by Crippen LogP contribution is -2.35. The number of nitrogens with two attached hydrogens (primary N) is 1. The Balaban J connectivity index is 2.49. The zero-order valence-electron chi connectivity index (χ0n) is 10.8. The smallest absolute Gasteiger partial charge is 0.335 e. The summed E-state index contributed by atoms with van der Waals surface area (Å²) in [5.74, 6) is -1.30. The molecule has 0 saturated carbocycles. The minimum absolute atomic E-state index is 0.169. The molecule has 1 aromatic rings. The van der Waals surface area contributed by atoms with Crippen molar-refractivity contribution in [2.75, 3.05) is 19.0 Å². The van der Waals surface area contributed by atoms with Crippen LogP contribution in [0.3, 0.4) is 0 Å². The first-order valence-corrected chi connectivity index (χ1v) is 5.93. The number of carboxylic acid groups (broad SMARTS) is 1. The van der Waals surface area contributed by atoms with Crippen molar-refractivity contribution in [3.05, 3.63) is 29.8 Å². The van der Waals surface area contributed by atoms with Gasteiger partial charge in [-0.25, -0.2) is 4.79 Å². The van der Waals surface area contributed by atoms with Crippen LogP contribution in [0.4, 0.5) is 5.69 Å². The molecule has 1 amide bonds. The van der Waals surface area contributed by atoms with Crippen molar-refractivity contribution < 1.29 is 19.4 Å². The van der Waals surface area contributed by atoms with Crippen LogP contribution >= 0.6 is 0 Å². The standard InChI is InChI=1S/C13H18N2O4/c1-19-8-2-3-11(14)12(16)15-10-6-4-9(5-7-10)13(17)18/h4-7,11H,2-3,8,14H2,1H3,(H,15,16)(H,17,18). The molecule has 0 aliphatic carbocycles. The highest BCUT2D eigenvalue weighted by molar-refractivity contribution is 5.95. The van der Waals surface area contributed by atoms with Crippen molar-refractivity contribution in [1.82, 2.24) is 0 Å². The number of ether oxygens (including phenoxy) is 1. The molecule has 4 N–H and O–H groups in total. The van der Waals surface area contributed by atoms with Gasteiger partial charge < -0.3 is 20.9 Å². The van der Waals surface area contributed by atoms with Gasteiger partial charge in [0.2, 0.25) is 5.91 Å². The summed E-state index contributed by atoms with van der Waals surface area (Å²) in [6, 6.07) is 5.31. The number of benzene rings is 1. The molecular formula is C13H18N2O4. The van der Waals surface area contributed by atoms with Crippen LogP contribution in [0.15, 0.2) is 24.3 Å². The Labute approximate surface area is 111 Å². The maximum Gasteiger partial charge on any atom is 0.335 e. The van der Waals surface area contributed by atoms with E-state index in [1.165, 1.54) is 24.3 Å². The predicted octanol–water partition coefficient (Wildman–Crippen LogP) is 1.08. The van der Waals surface area contributed by atoms with Gasteiger partial charge in [0, 0.05) is 19.4 Å². The highest BCUT2D eigenvalue weighted by atomic mass is 16.5. The number of amides is 1. The van der Waals surface area contributed by atoms with Gasteiger partial charge in [0.25, 0.3) is 0 Å². The second-order valence-electron chi connectivity index (χ2n) is 4.11. The van der Waals surface area contributed by atoms with Crippen molar-refractivity contribution in [3.63, 3.8) is 0 Å². The van der Waals surface area contributed by atoms with Crippen LogP contribution in [-0.4, -0.2) is 36.7 Å². The number of hydrogen-bond donors (Lipinski definition) is 3. The number of aromatic carboxylic acids is 1. The Morgan fingerprint density at radius 2 is 2.00 bits per heavy atom. The van der Waals surface area contributed by atoms with E-state index in [9.17, 15) is 9.59 Å². The van der Waals surface area contributed by atoms with Crippen LogP contribution in [0.2, 0.25) is 0 Å². The average molecular weight is 266 g/mol. The molecule has 6 heteroatoms. The van der Waals surface area contributed by atoms with Crippen LogP contribution in [0.5, 0.6) is 0 Å². The van der Waals surface area contributed by atoms with E-state index in [0.29, 0.717) is 25.1 Å². The molecule has 6 nitrogen and oxygen atoms in total. The summed E-state index contributed by atoms with van der Waals surface area (Å²) < 4.78 is 4.88. The van der Waals surface area contributed by atoms with Gasteiger partial charge in [-0.3, -0.25) is 4.79 Å². The number of nitrogens with one attached hydrogen (secondary N) is 1. The molecule has 1 unspecified atom stereocenters. The summed E-state index contributed by atoms with van der Waals surface area (Å²) in [6.45, 7) is 0.564. The number of anilines is 1. The molecule has 0 saturated heterocycles. The second kappa shape index (κ2) is 7.50. The molecule has 1 atom stereocenters. The maximum absolute atomic E-state index is 11.7. The minimum Gasteiger partial charge on any atom is -0.478 e. The fourth-order valence-corrected chi connectivity index (χ4v) is 1.51. The zero-order valence-corrected chi connectivity index (χ0v) is 10.8. The summed E-state index contributed by atoms with van der Waals surface area (Å²) in [4.78, 5) is 22.4. The van der Waals surface area contributed by atoms with Crippen molar-refractivity contribution in [1.29, 1.82) is 0 Å². The van der Waals surface area contributed by atoms with E-state index in [1.807, 2.05) is 0 Å². The van der Waals surface area contributed by atoms with Gasteiger partial charge in [0.05, 0.1) is 11.6 Å². The van der Waals surface area contributed by atoms with Gasteiger partial charge in [-0.2, -0.15) is 0 Å². The minimum atomic E-state index is -1.01. The van der Waals surface area contributed by atoms with Gasteiger partial charge >= 0.3 is 5.97 Å². The number of carbonyl (C=O) groups is 2. The van der Waals surface area contributed by atoms with Crippen molar-refractivity contribution in [2.45, 2.75) is 18.9 Å². The third kappa shape index (κ3) is 5.07. The van der Waals surface area contributed by atoms with E-state index in [-0.39, 0.29) is 11.5 Å². The molecular weight excluding hydrogens is 248 g/mol. The van der Waals surface area contributed by atoms with E-state index in [1.54, 1.807) is 7.11 Å². The SMILES string of the molecule is COCCCC(N)C(=O)Nc1ccc(C(=O)O)cc1.